The summed E-state index contributed by atoms with van der Waals surface area (Å²) in [5.41, 5.74) is 1.50. The Morgan fingerprint density at radius 1 is 1.50 bits per heavy atom. The van der Waals surface area contributed by atoms with Gasteiger partial charge in [-0.15, -0.1) is 0 Å². The zero-order chi connectivity index (χ0) is 13.0. The summed E-state index contributed by atoms with van der Waals surface area (Å²) >= 11 is 6.01. The molecule has 4 nitrogen and oxygen atoms in total. The molecule has 2 rings (SSSR count). The molecule has 0 aliphatic rings. The van der Waals surface area contributed by atoms with Gasteiger partial charge in [-0.25, -0.2) is 0 Å². The molecule has 0 saturated carbocycles. The third kappa shape index (κ3) is 2.82. The third-order valence-corrected chi connectivity index (χ3v) is 2.76. The maximum absolute atomic E-state index is 8.73. The molecule has 0 N–H and O–H groups in total. The average molecular weight is 262 g/mol. The average Bonchev–Trinajstić information content (AvgIpc) is 2.85. The molecule has 0 radical (unpaired) electrons. The molecule has 0 bridgehead atoms. The summed E-state index contributed by atoms with van der Waals surface area (Å²) in [7, 11) is 0. The number of rotatable bonds is 4. The third-order valence-electron chi connectivity index (χ3n) is 2.47. The van der Waals surface area contributed by atoms with Crippen molar-refractivity contribution in [1.82, 2.24) is 9.78 Å². The van der Waals surface area contributed by atoms with E-state index in [1.54, 1.807) is 24.4 Å². The predicted molar refractivity (Wildman–Crippen MR) is 68.4 cm³/mol. The highest BCUT2D eigenvalue weighted by Gasteiger charge is 2.04. The summed E-state index contributed by atoms with van der Waals surface area (Å²) in [5.74, 6) is 0.569. The number of hydrogen-bond acceptors (Lipinski definition) is 3. The molecular formula is C13H12ClN3O. The van der Waals surface area contributed by atoms with Gasteiger partial charge in [0, 0.05) is 18.3 Å². The van der Waals surface area contributed by atoms with Crippen LogP contribution < -0.4 is 4.74 Å². The largest absolute Gasteiger partial charge is 0.487 e. The summed E-state index contributed by atoms with van der Waals surface area (Å²) < 4.78 is 7.42. The molecule has 0 spiro atoms. The van der Waals surface area contributed by atoms with E-state index in [0.717, 1.165) is 12.1 Å². The normalized spacial score (nSPS) is 10.1. The van der Waals surface area contributed by atoms with Crippen LogP contribution in [0.25, 0.3) is 0 Å². The number of aryl methyl sites for hydroxylation is 1. The summed E-state index contributed by atoms with van der Waals surface area (Å²) in [6.07, 6.45) is 3.69. The summed E-state index contributed by atoms with van der Waals surface area (Å²) in [5, 5.41) is 13.3. The lowest BCUT2D eigenvalue weighted by Gasteiger charge is -2.06. The van der Waals surface area contributed by atoms with E-state index in [1.807, 2.05) is 23.9 Å². The van der Waals surface area contributed by atoms with Gasteiger partial charge in [0.25, 0.3) is 0 Å². The van der Waals surface area contributed by atoms with E-state index in [4.69, 9.17) is 21.6 Å². The molecular weight excluding hydrogens is 250 g/mol. The molecule has 0 aliphatic heterocycles. The van der Waals surface area contributed by atoms with E-state index < -0.39 is 0 Å². The first-order chi connectivity index (χ1) is 8.72. The lowest BCUT2D eigenvalue weighted by molar-refractivity contribution is 0.306. The number of halogens is 1. The Bertz CT molecular complexity index is 586. The second-order valence-electron chi connectivity index (χ2n) is 3.75. The molecule has 1 aromatic carbocycles. The van der Waals surface area contributed by atoms with Gasteiger partial charge < -0.3 is 4.74 Å². The smallest absolute Gasteiger partial charge is 0.138 e. The maximum atomic E-state index is 8.73. The van der Waals surface area contributed by atoms with Crippen molar-refractivity contribution in [2.45, 2.75) is 20.1 Å². The van der Waals surface area contributed by atoms with Crippen LogP contribution >= 0.6 is 11.6 Å². The van der Waals surface area contributed by atoms with Crippen molar-refractivity contribution in [1.29, 1.82) is 5.26 Å². The van der Waals surface area contributed by atoms with Gasteiger partial charge in [0.2, 0.25) is 0 Å². The van der Waals surface area contributed by atoms with Gasteiger partial charge in [0.1, 0.15) is 12.4 Å². The number of nitriles is 1. The molecule has 1 heterocycles. The Labute approximate surface area is 110 Å². The van der Waals surface area contributed by atoms with Crippen molar-refractivity contribution in [3.8, 4) is 11.8 Å². The minimum absolute atomic E-state index is 0.408. The zero-order valence-electron chi connectivity index (χ0n) is 9.93. The van der Waals surface area contributed by atoms with Crippen molar-refractivity contribution in [2.24, 2.45) is 0 Å². The van der Waals surface area contributed by atoms with E-state index in [9.17, 15) is 0 Å². The summed E-state index contributed by atoms with van der Waals surface area (Å²) in [6, 6.07) is 6.99. The minimum atomic E-state index is 0.408. The first kappa shape index (κ1) is 12.5. The molecule has 0 unspecified atom stereocenters. The van der Waals surface area contributed by atoms with Crippen molar-refractivity contribution < 1.29 is 4.74 Å². The van der Waals surface area contributed by atoms with Crippen LogP contribution in [0.15, 0.2) is 30.6 Å². The van der Waals surface area contributed by atoms with E-state index in [0.29, 0.717) is 22.9 Å². The molecule has 0 saturated heterocycles. The molecule has 18 heavy (non-hydrogen) atoms. The molecule has 0 atom stereocenters. The highest BCUT2D eigenvalue weighted by Crippen LogP contribution is 2.25. The van der Waals surface area contributed by atoms with Crippen LogP contribution in [0.1, 0.15) is 18.1 Å². The topological polar surface area (TPSA) is 50.8 Å². The number of ether oxygens (including phenoxy) is 1. The van der Waals surface area contributed by atoms with Crippen LogP contribution in [0, 0.1) is 11.3 Å². The van der Waals surface area contributed by atoms with Crippen LogP contribution in [0.5, 0.6) is 5.75 Å². The van der Waals surface area contributed by atoms with E-state index in [-0.39, 0.29) is 0 Å². The van der Waals surface area contributed by atoms with E-state index in [1.165, 1.54) is 0 Å². The van der Waals surface area contributed by atoms with Gasteiger partial charge in [0.15, 0.2) is 0 Å². The predicted octanol–water partition coefficient (Wildman–Crippen LogP) is 3.01. The Morgan fingerprint density at radius 2 is 2.33 bits per heavy atom. The first-order valence-corrected chi connectivity index (χ1v) is 5.94. The number of benzene rings is 1. The highest BCUT2D eigenvalue weighted by atomic mass is 35.5. The van der Waals surface area contributed by atoms with Gasteiger partial charge >= 0.3 is 0 Å². The maximum Gasteiger partial charge on any atom is 0.138 e. The quantitative estimate of drug-likeness (QED) is 0.850. The first-order valence-electron chi connectivity index (χ1n) is 5.56. The van der Waals surface area contributed by atoms with Crippen molar-refractivity contribution >= 4 is 11.6 Å². The van der Waals surface area contributed by atoms with E-state index in [2.05, 4.69) is 5.10 Å². The Balaban J connectivity index is 2.04. The number of aromatic nitrogens is 2. The van der Waals surface area contributed by atoms with Crippen LogP contribution in [0.4, 0.5) is 0 Å². The van der Waals surface area contributed by atoms with Gasteiger partial charge in [-0.2, -0.15) is 10.4 Å². The Hall–Kier alpha value is -1.99. The molecule has 0 amide bonds. The van der Waals surface area contributed by atoms with Gasteiger partial charge in [-0.3, -0.25) is 4.68 Å². The van der Waals surface area contributed by atoms with Crippen LogP contribution in [-0.2, 0) is 13.2 Å². The van der Waals surface area contributed by atoms with Crippen molar-refractivity contribution in [3.63, 3.8) is 0 Å². The monoisotopic (exact) mass is 261 g/mol. The fraction of sp³-hybridized carbons (Fsp3) is 0.231. The number of nitrogens with zero attached hydrogens (tertiary/aromatic N) is 3. The molecule has 92 valence electrons. The second-order valence-corrected chi connectivity index (χ2v) is 4.16. The molecule has 2 aromatic rings. The molecule has 1 aromatic heterocycles. The molecule has 0 aliphatic carbocycles. The Kier molecular flexibility index (Phi) is 3.85. The SMILES string of the molecule is CCn1cc(COc2ccc(C#N)cc2Cl)cn1. The van der Waals surface area contributed by atoms with Crippen LogP contribution in [-0.4, -0.2) is 9.78 Å². The summed E-state index contributed by atoms with van der Waals surface area (Å²) in [6.45, 7) is 3.26. The van der Waals surface area contributed by atoms with Crippen molar-refractivity contribution in [3.05, 3.63) is 46.7 Å². The van der Waals surface area contributed by atoms with Gasteiger partial charge in [-0.1, -0.05) is 11.6 Å². The lowest BCUT2D eigenvalue weighted by Crippen LogP contribution is -1.96. The second kappa shape index (κ2) is 5.56. The Morgan fingerprint density at radius 3 is 2.94 bits per heavy atom. The fourth-order valence-corrected chi connectivity index (χ4v) is 1.74. The van der Waals surface area contributed by atoms with E-state index >= 15 is 0 Å². The van der Waals surface area contributed by atoms with Crippen LogP contribution in [0.2, 0.25) is 5.02 Å². The summed E-state index contributed by atoms with van der Waals surface area (Å²) in [4.78, 5) is 0. The molecule has 5 heteroatoms. The zero-order valence-corrected chi connectivity index (χ0v) is 10.7. The molecule has 0 fully saturated rings. The fourth-order valence-electron chi connectivity index (χ4n) is 1.50. The standard InChI is InChI=1S/C13H12ClN3O/c1-2-17-8-11(7-16-17)9-18-13-4-3-10(6-15)5-12(13)14/h3-5,7-8H,2,9H2,1H3. The van der Waals surface area contributed by atoms with Gasteiger partial charge in [0.05, 0.1) is 22.9 Å². The minimum Gasteiger partial charge on any atom is -0.487 e. The lowest BCUT2D eigenvalue weighted by atomic mass is 10.2. The highest BCUT2D eigenvalue weighted by molar-refractivity contribution is 6.32. The van der Waals surface area contributed by atoms with Crippen LogP contribution in [0.3, 0.4) is 0 Å². The van der Waals surface area contributed by atoms with Crippen molar-refractivity contribution in [2.75, 3.05) is 0 Å². The number of hydrogen-bond donors (Lipinski definition) is 0. The van der Waals surface area contributed by atoms with Gasteiger partial charge in [-0.05, 0) is 25.1 Å².